The highest BCUT2D eigenvalue weighted by Gasteiger charge is 2.65. The van der Waals surface area contributed by atoms with E-state index in [0.717, 1.165) is 25.7 Å². The molecule has 0 unspecified atom stereocenters. The minimum atomic E-state index is -0.350. The summed E-state index contributed by atoms with van der Waals surface area (Å²) in [5.74, 6) is 2.73. The number of ketones is 1. The van der Waals surface area contributed by atoms with E-state index >= 15 is 0 Å². The predicted octanol–water partition coefficient (Wildman–Crippen LogP) is 6.73. The molecule has 1 N–H and O–H groups in total. The van der Waals surface area contributed by atoms with Gasteiger partial charge in [-0.05, 0) is 98.7 Å². The topological polar surface area (TPSA) is 49.8 Å². The van der Waals surface area contributed by atoms with Crippen LogP contribution in [0.25, 0.3) is 0 Å². The smallest absolute Gasteiger partial charge is 0.138 e. The molecule has 3 saturated carbocycles. The van der Waals surface area contributed by atoms with Gasteiger partial charge in [0.1, 0.15) is 11.9 Å². The van der Waals surface area contributed by atoms with Crippen LogP contribution < -0.4 is 0 Å². The van der Waals surface area contributed by atoms with Gasteiger partial charge in [-0.1, -0.05) is 53.2 Å². The maximum Gasteiger partial charge on any atom is 0.138 e. The van der Waals surface area contributed by atoms with E-state index in [-0.39, 0.29) is 39.5 Å². The quantitative estimate of drug-likeness (QED) is 0.377. The zero-order chi connectivity index (χ0) is 24.2. The van der Waals surface area contributed by atoms with Crippen molar-refractivity contribution in [2.24, 2.45) is 45.3 Å². The lowest BCUT2D eigenvalue weighted by molar-refractivity contribution is -0.146. The molecule has 1 aliphatic heterocycles. The molecule has 4 fully saturated rings. The van der Waals surface area contributed by atoms with Crippen molar-refractivity contribution < 1.29 is 14.6 Å². The first-order valence-electron chi connectivity index (χ1n) is 13.8. The summed E-state index contributed by atoms with van der Waals surface area (Å²) in [6, 6.07) is 0. The second-order valence-electron chi connectivity index (χ2n) is 14.5. The van der Waals surface area contributed by atoms with E-state index in [2.05, 4.69) is 61.5 Å². The number of aliphatic hydroxyl groups is 1. The minimum Gasteiger partial charge on any atom is -0.390 e. The van der Waals surface area contributed by atoms with Gasteiger partial charge >= 0.3 is 0 Å². The minimum absolute atomic E-state index is 0.00609. The molecular formula is C30H48O3. The van der Waals surface area contributed by atoms with Gasteiger partial charge in [0.05, 0.1) is 11.7 Å². The summed E-state index contributed by atoms with van der Waals surface area (Å²) in [7, 11) is 0. The lowest BCUT2D eigenvalue weighted by atomic mass is 9.41. The highest BCUT2D eigenvalue weighted by Crippen LogP contribution is 2.73. The number of rotatable bonds is 4. The lowest BCUT2D eigenvalue weighted by Crippen LogP contribution is -2.57. The molecule has 4 aliphatic carbocycles. The Morgan fingerprint density at radius 3 is 2.36 bits per heavy atom. The van der Waals surface area contributed by atoms with Crippen LogP contribution in [0.2, 0.25) is 0 Å². The van der Waals surface area contributed by atoms with E-state index in [9.17, 15) is 9.90 Å². The van der Waals surface area contributed by atoms with E-state index in [1.165, 1.54) is 25.7 Å². The fourth-order valence-corrected chi connectivity index (χ4v) is 9.97. The summed E-state index contributed by atoms with van der Waals surface area (Å²) >= 11 is 0. The molecule has 3 nitrogen and oxygen atoms in total. The second-order valence-corrected chi connectivity index (χ2v) is 14.5. The number of epoxide rings is 1. The van der Waals surface area contributed by atoms with Crippen LogP contribution >= 0.6 is 0 Å². The van der Waals surface area contributed by atoms with Gasteiger partial charge in [-0.2, -0.15) is 0 Å². The van der Waals surface area contributed by atoms with Gasteiger partial charge in [0.2, 0.25) is 0 Å². The van der Waals surface area contributed by atoms with Crippen LogP contribution in [0.4, 0.5) is 0 Å². The molecule has 1 saturated heterocycles. The van der Waals surface area contributed by atoms with Gasteiger partial charge in [0.25, 0.3) is 0 Å². The monoisotopic (exact) mass is 456 g/mol. The number of ether oxygens (including phenoxy) is 1. The van der Waals surface area contributed by atoms with E-state index in [1.807, 2.05) is 0 Å². The van der Waals surface area contributed by atoms with Gasteiger partial charge in [-0.3, -0.25) is 4.79 Å². The maximum atomic E-state index is 12.8. The molecule has 33 heavy (non-hydrogen) atoms. The van der Waals surface area contributed by atoms with Crippen LogP contribution in [-0.2, 0) is 9.53 Å². The number of Topliss-reactive ketones (excluding diaryl/α,β-unsaturated/α-hetero) is 1. The predicted molar refractivity (Wildman–Crippen MR) is 133 cm³/mol. The lowest BCUT2D eigenvalue weighted by Gasteiger charge is -2.63. The Balaban J connectivity index is 1.41. The number of allylic oxidation sites excluding steroid dienone is 2. The summed E-state index contributed by atoms with van der Waals surface area (Å²) in [6.07, 6.45) is 11.1. The molecule has 0 aromatic rings. The summed E-state index contributed by atoms with van der Waals surface area (Å²) in [6.45, 7) is 18.7. The van der Waals surface area contributed by atoms with Crippen molar-refractivity contribution >= 4 is 5.78 Å². The normalized spacial score (nSPS) is 49.4. The zero-order valence-corrected chi connectivity index (χ0v) is 22.5. The Morgan fingerprint density at radius 1 is 1.06 bits per heavy atom. The molecular weight excluding hydrogens is 408 g/mol. The van der Waals surface area contributed by atoms with Crippen LogP contribution in [0.1, 0.15) is 107 Å². The number of hydrogen-bond donors (Lipinski definition) is 1. The third kappa shape index (κ3) is 3.16. The van der Waals surface area contributed by atoms with Crippen molar-refractivity contribution in [2.45, 2.75) is 125 Å². The highest BCUT2D eigenvalue weighted by molar-refractivity contribution is 5.85. The van der Waals surface area contributed by atoms with Gasteiger partial charge in [-0.25, -0.2) is 0 Å². The Labute approximate surface area is 202 Å². The summed E-state index contributed by atoms with van der Waals surface area (Å²) in [4.78, 5) is 12.8. The standard InChI is InChI=1S/C30H48O3/c1-18(17-22(31)25-27(4,5)33-25)19-11-15-30(8)21-9-10-23-26(2,3)24(32)13-14-28(23,6)20(21)12-16-29(19,30)7/h9,18-20,22-23,25,31H,10-17H2,1-8H3/t18-,19+,20-,22-,23+,25+,28-,29+,30-/m1/s1. The van der Waals surface area contributed by atoms with Crippen molar-refractivity contribution in [1.29, 1.82) is 0 Å². The Bertz CT molecular complexity index is 870. The molecule has 5 rings (SSSR count). The van der Waals surface area contributed by atoms with E-state index < -0.39 is 0 Å². The fourth-order valence-electron chi connectivity index (χ4n) is 9.97. The molecule has 1 heterocycles. The largest absolute Gasteiger partial charge is 0.390 e. The van der Waals surface area contributed by atoms with Crippen LogP contribution in [-0.4, -0.2) is 28.7 Å². The van der Waals surface area contributed by atoms with Crippen LogP contribution in [0.5, 0.6) is 0 Å². The average Bonchev–Trinajstić information content (AvgIpc) is 3.26. The number of aliphatic hydroxyl groups excluding tert-OH is 1. The molecule has 9 atom stereocenters. The maximum absolute atomic E-state index is 12.8. The molecule has 0 aromatic heterocycles. The molecule has 5 aliphatic rings. The van der Waals surface area contributed by atoms with Gasteiger partial charge in [0, 0.05) is 11.8 Å². The summed E-state index contributed by atoms with van der Waals surface area (Å²) in [5.41, 5.74) is 2.17. The van der Waals surface area contributed by atoms with Crippen LogP contribution in [0.3, 0.4) is 0 Å². The van der Waals surface area contributed by atoms with Gasteiger partial charge in [0.15, 0.2) is 0 Å². The Morgan fingerprint density at radius 2 is 1.73 bits per heavy atom. The number of hydrogen-bond acceptors (Lipinski definition) is 3. The van der Waals surface area contributed by atoms with Crippen molar-refractivity contribution in [3.63, 3.8) is 0 Å². The number of fused-ring (bicyclic) bond motifs is 5. The number of carbonyl (C=O) groups is 1. The molecule has 186 valence electrons. The van der Waals surface area contributed by atoms with Crippen LogP contribution in [0.15, 0.2) is 11.6 Å². The van der Waals surface area contributed by atoms with Crippen LogP contribution in [0, 0.1) is 45.3 Å². The number of carbonyl (C=O) groups excluding carboxylic acids is 1. The fraction of sp³-hybridized carbons (Fsp3) is 0.900. The average molecular weight is 457 g/mol. The van der Waals surface area contributed by atoms with Crippen molar-refractivity contribution in [2.75, 3.05) is 0 Å². The van der Waals surface area contributed by atoms with E-state index in [0.29, 0.717) is 29.5 Å². The Kier molecular flexibility index (Phi) is 5.24. The third-order valence-corrected chi connectivity index (χ3v) is 12.4. The van der Waals surface area contributed by atoms with E-state index in [4.69, 9.17) is 4.74 Å². The highest BCUT2D eigenvalue weighted by atomic mass is 16.6. The van der Waals surface area contributed by atoms with Gasteiger partial charge < -0.3 is 9.84 Å². The van der Waals surface area contributed by atoms with Crippen molar-refractivity contribution in [3.8, 4) is 0 Å². The van der Waals surface area contributed by atoms with Crippen molar-refractivity contribution in [1.82, 2.24) is 0 Å². The Hall–Kier alpha value is -0.670. The third-order valence-electron chi connectivity index (χ3n) is 12.4. The van der Waals surface area contributed by atoms with Gasteiger partial charge in [-0.15, -0.1) is 0 Å². The molecule has 0 spiro atoms. The molecule has 0 amide bonds. The van der Waals surface area contributed by atoms with E-state index in [1.54, 1.807) is 5.57 Å². The second kappa shape index (κ2) is 7.19. The molecule has 0 radical (unpaired) electrons. The summed E-state index contributed by atoms with van der Waals surface area (Å²) in [5, 5.41) is 10.9. The SMILES string of the molecule is C[C@H](C[C@@H](O)[C@@H]1OC1(C)C)[C@@H]1CC[C@]2(C)C3=CC[C@H]4C(C)(C)C(=O)CC[C@]4(C)[C@@H]3CC[C@@]12C. The molecule has 0 aromatic carbocycles. The first-order valence-corrected chi connectivity index (χ1v) is 13.8. The van der Waals surface area contributed by atoms with Crippen molar-refractivity contribution in [3.05, 3.63) is 11.6 Å². The first kappa shape index (κ1) is 24.0. The zero-order valence-electron chi connectivity index (χ0n) is 22.5. The first-order chi connectivity index (χ1) is 15.2. The molecule has 0 bridgehead atoms. The summed E-state index contributed by atoms with van der Waals surface area (Å²) < 4.78 is 5.75. The molecule has 3 heteroatoms.